The van der Waals surface area contributed by atoms with Crippen molar-refractivity contribution in [2.75, 3.05) is 11.9 Å². The lowest BCUT2D eigenvalue weighted by Gasteiger charge is -2.11. The second kappa shape index (κ2) is 6.65. The van der Waals surface area contributed by atoms with Gasteiger partial charge in [-0.2, -0.15) is 0 Å². The maximum atomic E-state index is 11.6. The summed E-state index contributed by atoms with van der Waals surface area (Å²) >= 11 is 0. The molecule has 0 radical (unpaired) electrons. The molecule has 0 fully saturated rings. The van der Waals surface area contributed by atoms with E-state index in [9.17, 15) is 14.4 Å². The van der Waals surface area contributed by atoms with Crippen molar-refractivity contribution in [3.05, 3.63) is 29.8 Å². The first kappa shape index (κ1) is 14.8. The van der Waals surface area contributed by atoms with E-state index in [2.05, 4.69) is 10.6 Å². The summed E-state index contributed by atoms with van der Waals surface area (Å²) in [5.41, 5.74) is 0.840. The molecule has 0 spiro atoms. The summed E-state index contributed by atoms with van der Waals surface area (Å²) in [5, 5.41) is 13.8. The Hall–Kier alpha value is -2.21. The number of Topliss-reactive ketones (excluding diaryl/α,β-unsaturated/α-hetero) is 1. The molecule has 0 aliphatic rings. The van der Waals surface area contributed by atoms with Crippen LogP contribution in [0.25, 0.3) is 0 Å². The Morgan fingerprint density at radius 1 is 1.26 bits per heavy atom. The van der Waals surface area contributed by atoms with E-state index in [0.717, 1.165) is 0 Å². The van der Waals surface area contributed by atoms with Crippen LogP contribution in [0.4, 0.5) is 5.69 Å². The number of para-hydroxylation sites is 1. The fourth-order valence-corrected chi connectivity index (χ4v) is 1.43. The van der Waals surface area contributed by atoms with Crippen LogP contribution in [0.1, 0.15) is 24.2 Å². The van der Waals surface area contributed by atoms with Crippen molar-refractivity contribution >= 4 is 23.3 Å². The number of nitrogens with one attached hydrogen (secondary N) is 2. The monoisotopic (exact) mass is 264 g/mol. The predicted molar refractivity (Wildman–Crippen MR) is 70.2 cm³/mol. The average molecular weight is 264 g/mol. The molecule has 1 rings (SSSR count). The molecule has 0 bridgehead atoms. The number of benzene rings is 1. The van der Waals surface area contributed by atoms with Crippen molar-refractivity contribution in [2.24, 2.45) is 0 Å². The number of amides is 1. The Kier molecular flexibility index (Phi) is 5.20. The van der Waals surface area contributed by atoms with Gasteiger partial charge in [0.1, 0.15) is 6.04 Å². The molecule has 0 saturated carbocycles. The number of hydrogen-bond donors (Lipinski definition) is 3. The van der Waals surface area contributed by atoms with E-state index in [0.29, 0.717) is 11.3 Å². The molecule has 1 atom stereocenters. The van der Waals surface area contributed by atoms with Crippen molar-refractivity contribution in [2.45, 2.75) is 19.9 Å². The third-order valence-corrected chi connectivity index (χ3v) is 2.52. The highest BCUT2D eigenvalue weighted by Crippen LogP contribution is 2.15. The van der Waals surface area contributed by atoms with Crippen molar-refractivity contribution in [1.29, 1.82) is 0 Å². The molecule has 0 saturated heterocycles. The highest BCUT2D eigenvalue weighted by atomic mass is 16.4. The summed E-state index contributed by atoms with van der Waals surface area (Å²) in [5.74, 6) is -1.58. The van der Waals surface area contributed by atoms with Crippen LogP contribution < -0.4 is 10.6 Å². The van der Waals surface area contributed by atoms with Crippen LogP contribution >= 0.6 is 0 Å². The molecule has 6 nitrogen and oxygen atoms in total. The largest absolute Gasteiger partial charge is 0.480 e. The van der Waals surface area contributed by atoms with Crippen LogP contribution in [-0.2, 0) is 9.59 Å². The lowest BCUT2D eigenvalue weighted by Crippen LogP contribution is -2.39. The minimum absolute atomic E-state index is 0.139. The molecule has 19 heavy (non-hydrogen) atoms. The number of ketones is 1. The highest BCUT2D eigenvalue weighted by Gasteiger charge is 2.13. The van der Waals surface area contributed by atoms with Crippen LogP contribution in [-0.4, -0.2) is 35.4 Å². The van der Waals surface area contributed by atoms with E-state index in [4.69, 9.17) is 5.11 Å². The van der Waals surface area contributed by atoms with Gasteiger partial charge >= 0.3 is 5.97 Å². The molecule has 0 aliphatic heterocycles. The lowest BCUT2D eigenvalue weighted by molar-refractivity contribution is -0.139. The molecule has 1 amide bonds. The molecular weight excluding hydrogens is 248 g/mol. The van der Waals surface area contributed by atoms with Crippen LogP contribution in [0.15, 0.2) is 24.3 Å². The van der Waals surface area contributed by atoms with E-state index in [1.165, 1.54) is 13.8 Å². The fourth-order valence-electron chi connectivity index (χ4n) is 1.43. The van der Waals surface area contributed by atoms with Crippen molar-refractivity contribution in [1.82, 2.24) is 5.32 Å². The van der Waals surface area contributed by atoms with Crippen LogP contribution in [0.2, 0.25) is 0 Å². The summed E-state index contributed by atoms with van der Waals surface area (Å²) in [6.45, 7) is 2.72. The third kappa shape index (κ3) is 4.51. The van der Waals surface area contributed by atoms with Gasteiger partial charge in [-0.25, -0.2) is 0 Å². The standard InChI is InChI=1S/C13H16N2O4/c1-8(13(18)19)14-7-12(17)15-11-6-4-3-5-10(11)9(2)16/h3-6,8,14H,7H2,1-2H3,(H,15,17)(H,18,19)/t8-/m1/s1. The van der Waals surface area contributed by atoms with Gasteiger partial charge in [0.25, 0.3) is 0 Å². The van der Waals surface area contributed by atoms with Gasteiger partial charge < -0.3 is 10.4 Å². The van der Waals surface area contributed by atoms with E-state index in [1.54, 1.807) is 24.3 Å². The van der Waals surface area contributed by atoms with E-state index >= 15 is 0 Å². The normalized spacial score (nSPS) is 11.7. The maximum Gasteiger partial charge on any atom is 0.320 e. The van der Waals surface area contributed by atoms with Crippen LogP contribution in [0, 0.1) is 0 Å². The number of carbonyl (C=O) groups excluding carboxylic acids is 2. The number of anilines is 1. The Bertz CT molecular complexity index is 499. The zero-order valence-electron chi connectivity index (χ0n) is 10.8. The fraction of sp³-hybridized carbons (Fsp3) is 0.308. The second-order valence-corrected chi connectivity index (χ2v) is 4.09. The molecule has 0 unspecified atom stereocenters. The number of carboxylic acids is 1. The Labute approximate surface area is 110 Å². The minimum Gasteiger partial charge on any atom is -0.480 e. The van der Waals surface area contributed by atoms with E-state index in [-0.39, 0.29) is 12.3 Å². The highest BCUT2D eigenvalue weighted by molar-refractivity contribution is 6.04. The number of carboxylic acid groups (broad SMARTS) is 1. The molecule has 3 N–H and O–H groups in total. The van der Waals surface area contributed by atoms with Gasteiger partial charge in [-0.15, -0.1) is 0 Å². The SMILES string of the molecule is CC(=O)c1ccccc1NC(=O)CN[C@H](C)C(=O)O. The second-order valence-electron chi connectivity index (χ2n) is 4.09. The third-order valence-electron chi connectivity index (χ3n) is 2.52. The Morgan fingerprint density at radius 3 is 2.47 bits per heavy atom. The van der Waals surface area contributed by atoms with Gasteiger partial charge in [-0.05, 0) is 26.0 Å². The van der Waals surface area contributed by atoms with E-state index < -0.39 is 17.9 Å². The van der Waals surface area contributed by atoms with Crippen molar-refractivity contribution in [3.8, 4) is 0 Å². The Balaban J connectivity index is 2.63. The molecule has 1 aromatic rings. The van der Waals surface area contributed by atoms with Gasteiger partial charge in [0.05, 0.1) is 12.2 Å². The topological polar surface area (TPSA) is 95.5 Å². The Morgan fingerprint density at radius 2 is 1.89 bits per heavy atom. The molecule has 0 aliphatic carbocycles. The van der Waals surface area contributed by atoms with Crippen molar-refractivity contribution in [3.63, 3.8) is 0 Å². The van der Waals surface area contributed by atoms with Crippen LogP contribution in [0.3, 0.4) is 0 Å². The molecule has 6 heteroatoms. The summed E-state index contributed by atoms with van der Waals surface area (Å²) in [6.07, 6.45) is 0. The quantitative estimate of drug-likeness (QED) is 0.663. The lowest BCUT2D eigenvalue weighted by atomic mass is 10.1. The van der Waals surface area contributed by atoms with Gasteiger partial charge in [-0.1, -0.05) is 12.1 Å². The zero-order chi connectivity index (χ0) is 14.4. The first-order chi connectivity index (χ1) is 8.91. The van der Waals surface area contributed by atoms with Gasteiger partial charge in [0, 0.05) is 5.56 Å². The number of hydrogen-bond acceptors (Lipinski definition) is 4. The van der Waals surface area contributed by atoms with Gasteiger partial charge in [-0.3, -0.25) is 19.7 Å². The predicted octanol–water partition coefficient (Wildman–Crippen LogP) is 0.890. The molecule has 1 aromatic carbocycles. The smallest absolute Gasteiger partial charge is 0.320 e. The van der Waals surface area contributed by atoms with Crippen molar-refractivity contribution < 1.29 is 19.5 Å². The summed E-state index contributed by atoms with van der Waals surface area (Å²) < 4.78 is 0. The van der Waals surface area contributed by atoms with Gasteiger partial charge in [0.15, 0.2) is 5.78 Å². The average Bonchev–Trinajstić information content (AvgIpc) is 2.36. The molecule has 0 aromatic heterocycles. The summed E-state index contributed by atoms with van der Waals surface area (Å²) in [6, 6.07) is 5.83. The molecular formula is C13H16N2O4. The molecule has 0 heterocycles. The molecule has 102 valence electrons. The number of carbonyl (C=O) groups is 3. The minimum atomic E-state index is -1.03. The van der Waals surface area contributed by atoms with Gasteiger partial charge in [0.2, 0.25) is 5.91 Å². The van der Waals surface area contributed by atoms with E-state index in [1.807, 2.05) is 0 Å². The summed E-state index contributed by atoms with van der Waals surface area (Å²) in [4.78, 5) is 33.6. The summed E-state index contributed by atoms with van der Waals surface area (Å²) in [7, 11) is 0. The van der Waals surface area contributed by atoms with Crippen LogP contribution in [0.5, 0.6) is 0 Å². The first-order valence-electron chi connectivity index (χ1n) is 5.78. The number of aliphatic carboxylic acids is 1. The first-order valence-corrected chi connectivity index (χ1v) is 5.78. The zero-order valence-corrected chi connectivity index (χ0v) is 10.8. The number of rotatable bonds is 6. The maximum absolute atomic E-state index is 11.6.